The molecule has 1 aliphatic rings. The summed E-state index contributed by atoms with van der Waals surface area (Å²) in [6.07, 6.45) is 2.51. The number of rotatable bonds is 5. The third-order valence-electron chi connectivity index (χ3n) is 3.74. The van der Waals surface area contributed by atoms with Gasteiger partial charge in [0.25, 0.3) is 0 Å². The molecule has 1 fully saturated rings. The fraction of sp³-hybridized carbons (Fsp3) is 0.571. The Labute approximate surface area is 120 Å². The first kappa shape index (κ1) is 14.8. The van der Waals surface area contributed by atoms with Crippen molar-refractivity contribution in [2.24, 2.45) is 0 Å². The number of sulfone groups is 1. The molecule has 19 heavy (non-hydrogen) atoms. The molecular formula is C14H20ClNO2S. The van der Waals surface area contributed by atoms with E-state index in [0.29, 0.717) is 12.3 Å². The fourth-order valence-corrected chi connectivity index (χ4v) is 4.46. The monoisotopic (exact) mass is 301 g/mol. The van der Waals surface area contributed by atoms with E-state index in [1.165, 1.54) is 0 Å². The molecule has 0 spiro atoms. The van der Waals surface area contributed by atoms with E-state index < -0.39 is 9.84 Å². The van der Waals surface area contributed by atoms with Crippen LogP contribution >= 0.6 is 11.6 Å². The van der Waals surface area contributed by atoms with Crippen molar-refractivity contribution in [3.8, 4) is 0 Å². The average Bonchev–Trinajstić information content (AvgIpc) is 2.71. The van der Waals surface area contributed by atoms with Crippen LogP contribution in [0.15, 0.2) is 24.3 Å². The summed E-state index contributed by atoms with van der Waals surface area (Å²) < 4.78 is 23.6. The lowest BCUT2D eigenvalue weighted by Crippen LogP contribution is -2.33. The number of hydrogen-bond acceptors (Lipinski definition) is 3. The van der Waals surface area contributed by atoms with Crippen molar-refractivity contribution in [2.75, 3.05) is 12.3 Å². The minimum Gasteiger partial charge on any atom is -0.309 e. The van der Waals surface area contributed by atoms with Crippen molar-refractivity contribution < 1.29 is 8.42 Å². The van der Waals surface area contributed by atoms with Crippen molar-refractivity contribution in [1.82, 2.24) is 5.32 Å². The van der Waals surface area contributed by atoms with Gasteiger partial charge >= 0.3 is 0 Å². The molecule has 2 unspecified atom stereocenters. The van der Waals surface area contributed by atoms with Crippen molar-refractivity contribution >= 4 is 21.4 Å². The summed E-state index contributed by atoms with van der Waals surface area (Å²) in [6, 6.07) is 7.91. The summed E-state index contributed by atoms with van der Waals surface area (Å²) in [7, 11) is -2.86. The predicted molar refractivity (Wildman–Crippen MR) is 79.3 cm³/mol. The van der Waals surface area contributed by atoms with Crippen LogP contribution in [0.4, 0.5) is 0 Å². The molecule has 0 bridgehead atoms. The second kappa shape index (κ2) is 6.25. The third kappa shape index (κ3) is 3.71. The Kier molecular flexibility index (Phi) is 4.87. The second-order valence-corrected chi connectivity index (χ2v) is 7.89. The largest absolute Gasteiger partial charge is 0.309 e. The van der Waals surface area contributed by atoms with Gasteiger partial charge in [-0.1, -0.05) is 30.7 Å². The zero-order valence-corrected chi connectivity index (χ0v) is 12.7. The molecule has 1 aliphatic heterocycles. The first-order valence-electron chi connectivity index (χ1n) is 6.73. The van der Waals surface area contributed by atoms with Crippen LogP contribution in [0.2, 0.25) is 5.02 Å². The van der Waals surface area contributed by atoms with Gasteiger partial charge in [0.15, 0.2) is 9.84 Å². The molecule has 1 aromatic carbocycles. The SMILES string of the molecule is CCC(NCC1CCCS1(=O)=O)c1ccc(Cl)cc1. The second-order valence-electron chi connectivity index (χ2n) is 5.05. The average molecular weight is 302 g/mol. The molecule has 106 valence electrons. The van der Waals surface area contributed by atoms with Crippen LogP contribution in [-0.2, 0) is 9.84 Å². The molecule has 0 saturated carbocycles. The van der Waals surface area contributed by atoms with Gasteiger partial charge in [-0.15, -0.1) is 0 Å². The van der Waals surface area contributed by atoms with Crippen LogP contribution in [-0.4, -0.2) is 26.0 Å². The summed E-state index contributed by atoms with van der Waals surface area (Å²) in [5.74, 6) is 0.344. The molecule has 1 aromatic rings. The number of nitrogens with one attached hydrogen (secondary N) is 1. The summed E-state index contributed by atoms with van der Waals surface area (Å²) >= 11 is 5.88. The van der Waals surface area contributed by atoms with Gasteiger partial charge in [-0.25, -0.2) is 8.42 Å². The van der Waals surface area contributed by atoms with Crippen molar-refractivity contribution in [3.63, 3.8) is 0 Å². The molecule has 0 aromatic heterocycles. The molecule has 1 N–H and O–H groups in total. The number of hydrogen-bond donors (Lipinski definition) is 1. The Morgan fingerprint density at radius 3 is 2.58 bits per heavy atom. The van der Waals surface area contributed by atoms with Crippen LogP contribution < -0.4 is 5.32 Å². The Hall–Kier alpha value is -0.580. The third-order valence-corrected chi connectivity index (χ3v) is 6.26. The van der Waals surface area contributed by atoms with Gasteiger partial charge in [-0.3, -0.25) is 0 Å². The van der Waals surface area contributed by atoms with E-state index in [9.17, 15) is 8.42 Å². The Morgan fingerprint density at radius 2 is 2.05 bits per heavy atom. The molecule has 0 amide bonds. The summed E-state index contributed by atoms with van der Waals surface area (Å²) in [5.41, 5.74) is 1.15. The molecule has 0 aliphatic carbocycles. The van der Waals surface area contributed by atoms with Gasteiger partial charge in [-0.2, -0.15) is 0 Å². The van der Waals surface area contributed by atoms with Gasteiger partial charge in [0.2, 0.25) is 0 Å². The van der Waals surface area contributed by atoms with E-state index in [0.717, 1.165) is 29.8 Å². The van der Waals surface area contributed by atoms with Crippen LogP contribution in [0.5, 0.6) is 0 Å². The van der Waals surface area contributed by atoms with Gasteiger partial charge in [0, 0.05) is 17.6 Å². The summed E-state index contributed by atoms with van der Waals surface area (Å²) in [6.45, 7) is 2.64. The minimum atomic E-state index is -2.86. The van der Waals surface area contributed by atoms with E-state index in [1.54, 1.807) is 0 Å². The van der Waals surface area contributed by atoms with E-state index >= 15 is 0 Å². The van der Waals surface area contributed by atoms with E-state index in [1.807, 2.05) is 24.3 Å². The maximum Gasteiger partial charge on any atom is 0.154 e. The Morgan fingerprint density at radius 1 is 1.37 bits per heavy atom. The lowest BCUT2D eigenvalue weighted by Gasteiger charge is -2.20. The van der Waals surface area contributed by atoms with Gasteiger partial charge in [0.05, 0.1) is 11.0 Å². The summed E-state index contributed by atoms with van der Waals surface area (Å²) in [5, 5.41) is 3.89. The lowest BCUT2D eigenvalue weighted by atomic mass is 10.0. The van der Waals surface area contributed by atoms with Gasteiger partial charge < -0.3 is 5.32 Å². The van der Waals surface area contributed by atoms with Crippen LogP contribution in [0, 0.1) is 0 Å². The highest BCUT2D eigenvalue weighted by atomic mass is 35.5. The zero-order chi connectivity index (χ0) is 13.9. The van der Waals surface area contributed by atoms with E-state index in [2.05, 4.69) is 12.2 Å². The highest BCUT2D eigenvalue weighted by Gasteiger charge is 2.31. The highest BCUT2D eigenvalue weighted by Crippen LogP contribution is 2.22. The number of benzene rings is 1. The maximum atomic E-state index is 11.8. The van der Waals surface area contributed by atoms with Crippen molar-refractivity contribution in [3.05, 3.63) is 34.9 Å². The topological polar surface area (TPSA) is 46.2 Å². The van der Waals surface area contributed by atoms with Crippen molar-refractivity contribution in [1.29, 1.82) is 0 Å². The highest BCUT2D eigenvalue weighted by molar-refractivity contribution is 7.92. The van der Waals surface area contributed by atoms with Gasteiger partial charge in [-0.05, 0) is 37.0 Å². The van der Waals surface area contributed by atoms with E-state index in [4.69, 9.17) is 11.6 Å². The van der Waals surface area contributed by atoms with Crippen LogP contribution in [0.25, 0.3) is 0 Å². The molecule has 0 radical (unpaired) electrons. The molecular weight excluding hydrogens is 282 g/mol. The number of halogens is 1. The van der Waals surface area contributed by atoms with Crippen molar-refractivity contribution in [2.45, 2.75) is 37.5 Å². The molecule has 2 atom stereocenters. The Bertz CT molecular complexity index is 513. The standard InChI is InChI=1S/C14H20ClNO2S/c1-2-14(11-5-7-12(15)8-6-11)16-10-13-4-3-9-19(13,17)18/h5-8,13-14,16H,2-4,9-10H2,1H3. The molecule has 5 heteroatoms. The normalized spacial score (nSPS) is 23.4. The van der Waals surface area contributed by atoms with E-state index in [-0.39, 0.29) is 11.3 Å². The maximum absolute atomic E-state index is 11.8. The molecule has 3 nitrogen and oxygen atoms in total. The fourth-order valence-electron chi connectivity index (χ4n) is 2.55. The smallest absolute Gasteiger partial charge is 0.154 e. The molecule has 1 heterocycles. The molecule has 2 rings (SSSR count). The quantitative estimate of drug-likeness (QED) is 0.909. The van der Waals surface area contributed by atoms with Crippen LogP contribution in [0.1, 0.15) is 37.8 Å². The summed E-state index contributed by atoms with van der Waals surface area (Å²) in [4.78, 5) is 0. The lowest BCUT2D eigenvalue weighted by molar-refractivity contribution is 0.502. The molecule has 1 saturated heterocycles. The first-order valence-corrected chi connectivity index (χ1v) is 8.82. The Balaban J connectivity index is 1.98. The van der Waals surface area contributed by atoms with Crippen LogP contribution in [0.3, 0.4) is 0 Å². The van der Waals surface area contributed by atoms with Gasteiger partial charge in [0.1, 0.15) is 0 Å². The first-order chi connectivity index (χ1) is 9.03. The predicted octanol–water partition coefficient (Wildman–Crippen LogP) is 2.96. The zero-order valence-electron chi connectivity index (χ0n) is 11.1. The minimum absolute atomic E-state index is 0.188.